The second-order valence-electron chi connectivity index (χ2n) is 4.31. The zero-order valence-electron chi connectivity index (χ0n) is 10.3. The summed E-state index contributed by atoms with van der Waals surface area (Å²) in [5.74, 6) is 1.00. The Morgan fingerprint density at radius 3 is 3.17 bits per heavy atom. The number of nitro groups is 1. The maximum Gasteiger partial charge on any atom is 0.386 e. The summed E-state index contributed by atoms with van der Waals surface area (Å²) >= 11 is 1.93. The van der Waals surface area contributed by atoms with Gasteiger partial charge in [0.15, 0.2) is 0 Å². The standard InChI is InChI=1S/C12H17N3O2S/c1-2-18-11-7-3-5-9(11)14-10-6-4-8-13-12(10)15(16)17/h4,6,8-9,11,14H,2-3,5,7H2,1H3. The smallest absolute Gasteiger partial charge is 0.374 e. The Hall–Kier alpha value is -1.30. The van der Waals surface area contributed by atoms with Crippen LogP contribution in [0.2, 0.25) is 0 Å². The van der Waals surface area contributed by atoms with Gasteiger partial charge in [-0.25, -0.2) is 0 Å². The molecule has 5 nitrogen and oxygen atoms in total. The number of hydrogen-bond acceptors (Lipinski definition) is 5. The molecule has 1 aromatic heterocycles. The van der Waals surface area contributed by atoms with Crippen LogP contribution in [0.3, 0.4) is 0 Å². The minimum atomic E-state index is -0.431. The van der Waals surface area contributed by atoms with E-state index in [4.69, 9.17) is 0 Å². The molecule has 0 saturated heterocycles. The first-order valence-electron chi connectivity index (χ1n) is 6.20. The molecule has 1 aliphatic carbocycles. The quantitative estimate of drug-likeness (QED) is 0.656. The van der Waals surface area contributed by atoms with Gasteiger partial charge in [-0.3, -0.25) is 0 Å². The van der Waals surface area contributed by atoms with E-state index < -0.39 is 4.92 Å². The molecule has 1 aromatic rings. The number of aromatic nitrogens is 1. The fraction of sp³-hybridized carbons (Fsp3) is 0.583. The van der Waals surface area contributed by atoms with Gasteiger partial charge in [0.05, 0.1) is 0 Å². The summed E-state index contributed by atoms with van der Waals surface area (Å²) < 4.78 is 0. The van der Waals surface area contributed by atoms with Crippen molar-refractivity contribution in [3.63, 3.8) is 0 Å². The second-order valence-corrected chi connectivity index (χ2v) is 5.82. The normalized spacial score (nSPS) is 22.9. The monoisotopic (exact) mass is 267 g/mol. The summed E-state index contributed by atoms with van der Waals surface area (Å²) in [6.07, 6.45) is 4.90. The first-order chi connectivity index (χ1) is 8.72. The molecule has 2 unspecified atom stereocenters. The van der Waals surface area contributed by atoms with Gasteiger partial charge in [0, 0.05) is 11.3 Å². The molecule has 1 N–H and O–H groups in total. The van der Waals surface area contributed by atoms with Crippen LogP contribution in [0.1, 0.15) is 26.2 Å². The molecule has 1 heterocycles. The highest BCUT2D eigenvalue weighted by molar-refractivity contribution is 7.99. The molecule has 0 aromatic carbocycles. The lowest BCUT2D eigenvalue weighted by Crippen LogP contribution is -2.26. The first kappa shape index (κ1) is 13.1. The number of nitrogens with zero attached hydrogens (tertiary/aromatic N) is 2. The Balaban J connectivity index is 2.11. The van der Waals surface area contributed by atoms with Crippen molar-refractivity contribution in [3.05, 3.63) is 28.4 Å². The molecule has 1 fully saturated rings. The molecule has 0 amide bonds. The van der Waals surface area contributed by atoms with Crippen molar-refractivity contribution in [2.24, 2.45) is 0 Å². The zero-order chi connectivity index (χ0) is 13.0. The van der Waals surface area contributed by atoms with Crippen LogP contribution in [0.5, 0.6) is 0 Å². The number of anilines is 1. The second kappa shape index (κ2) is 6.04. The Kier molecular flexibility index (Phi) is 4.41. The van der Waals surface area contributed by atoms with Crippen LogP contribution in [0.4, 0.5) is 11.5 Å². The van der Waals surface area contributed by atoms with E-state index in [1.54, 1.807) is 12.1 Å². The largest absolute Gasteiger partial charge is 0.386 e. The zero-order valence-corrected chi connectivity index (χ0v) is 11.2. The van der Waals surface area contributed by atoms with Gasteiger partial charge in [-0.05, 0) is 40.6 Å². The molecule has 1 aliphatic rings. The first-order valence-corrected chi connectivity index (χ1v) is 7.24. The van der Waals surface area contributed by atoms with E-state index in [2.05, 4.69) is 17.2 Å². The molecule has 2 rings (SSSR count). The van der Waals surface area contributed by atoms with Gasteiger partial charge in [0.2, 0.25) is 0 Å². The van der Waals surface area contributed by atoms with Crippen molar-refractivity contribution < 1.29 is 4.92 Å². The van der Waals surface area contributed by atoms with Gasteiger partial charge in [0.1, 0.15) is 11.9 Å². The SMILES string of the molecule is CCSC1CCCC1Nc1cccnc1[N+](=O)[O-]. The van der Waals surface area contributed by atoms with Crippen molar-refractivity contribution in [3.8, 4) is 0 Å². The maximum atomic E-state index is 10.9. The van der Waals surface area contributed by atoms with Gasteiger partial charge in [-0.1, -0.05) is 13.3 Å². The highest BCUT2D eigenvalue weighted by Crippen LogP contribution is 2.33. The molecular weight excluding hydrogens is 250 g/mol. The fourth-order valence-electron chi connectivity index (χ4n) is 2.36. The van der Waals surface area contributed by atoms with Crippen molar-refractivity contribution in [1.29, 1.82) is 0 Å². The van der Waals surface area contributed by atoms with E-state index in [0.717, 1.165) is 12.2 Å². The van der Waals surface area contributed by atoms with Crippen molar-refractivity contribution >= 4 is 23.3 Å². The Labute approximate surface area is 111 Å². The maximum absolute atomic E-state index is 10.9. The molecule has 0 radical (unpaired) electrons. The van der Waals surface area contributed by atoms with E-state index in [0.29, 0.717) is 17.0 Å². The lowest BCUT2D eigenvalue weighted by atomic mass is 10.2. The van der Waals surface area contributed by atoms with E-state index in [1.807, 2.05) is 11.8 Å². The van der Waals surface area contributed by atoms with E-state index >= 15 is 0 Å². The Morgan fingerprint density at radius 2 is 2.44 bits per heavy atom. The summed E-state index contributed by atoms with van der Waals surface area (Å²) in [4.78, 5) is 14.3. The van der Waals surface area contributed by atoms with Crippen molar-refractivity contribution in [1.82, 2.24) is 4.98 Å². The van der Waals surface area contributed by atoms with Crippen LogP contribution >= 0.6 is 11.8 Å². The summed E-state index contributed by atoms with van der Waals surface area (Å²) in [6, 6.07) is 3.78. The molecule has 2 atom stereocenters. The van der Waals surface area contributed by atoms with Crippen LogP contribution < -0.4 is 5.32 Å². The van der Waals surface area contributed by atoms with Crippen LogP contribution in [0.25, 0.3) is 0 Å². The van der Waals surface area contributed by atoms with Gasteiger partial charge in [0.25, 0.3) is 0 Å². The Bertz CT molecular complexity index is 428. The number of nitrogens with one attached hydrogen (secondary N) is 1. The van der Waals surface area contributed by atoms with Crippen LogP contribution in [0.15, 0.2) is 18.3 Å². The topological polar surface area (TPSA) is 68.1 Å². The summed E-state index contributed by atoms with van der Waals surface area (Å²) in [7, 11) is 0. The van der Waals surface area contributed by atoms with Gasteiger partial charge < -0.3 is 15.4 Å². The van der Waals surface area contributed by atoms with E-state index in [-0.39, 0.29) is 5.82 Å². The molecule has 0 bridgehead atoms. The Morgan fingerprint density at radius 1 is 1.61 bits per heavy atom. The number of thioether (sulfide) groups is 1. The van der Waals surface area contributed by atoms with Gasteiger partial charge in [-0.2, -0.15) is 11.8 Å². The number of hydrogen-bond donors (Lipinski definition) is 1. The van der Waals surface area contributed by atoms with Gasteiger partial charge >= 0.3 is 5.82 Å². The highest BCUT2D eigenvalue weighted by atomic mass is 32.2. The van der Waals surface area contributed by atoms with Crippen molar-refractivity contribution in [2.75, 3.05) is 11.1 Å². The molecule has 98 valence electrons. The number of pyridine rings is 1. The molecular formula is C12H17N3O2S. The third-order valence-electron chi connectivity index (χ3n) is 3.13. The summed E-state index contributed by atoms with van der Waals surface area (Å²) in [6.45, 7) is 2.15. The molecule has 0 spiro atoms. The highest BCUT2D eigenvalue weighted by Gasteiger charge is 2.28. The minimum absolute atomic E-state index is 0.0790. The molecule has 6 heteroatoms. The fourth-order valence-corrected chi connectivity index (χ4v) is 3.56. The van der Waals surface area contributed by atoms with Crippen molar-refractivity contribution in [2.45, 2.75) is 37.5 Å². The molecule has 0 aliphatic heterocycles. The predicted octanol–water partition coefficient (Wildman–Crippen LogP) is 3.08. The average molecular weight is 267 g/mol. The van der Waals surface area contributed by atoms with Crippen LogP contribution in [-0.2, 0) is 0 Å². The summed E-state index contributed by atoms with van der Waals surface area (Å²) in [5.41, 5.74) is 0.538. The summed E-state index contributed by atoms with van der Waals surface area (Å²) in [5, 5.41) is 14.8. The van der Waals surface area contributed by atoms with Crippen LogP contribution in [-0.4, -0.2) is 27.0 Å². The third kappa shape index (κ3) is 2.93. The third-order valence-corrected chi connectivity index (χ3v) is 4.46. The average Bonchev–Trinajstić information content (AvgIpc) is 2.78. The number of rotatable bonds is 5. The van der Waals surface area contributed by atoms with E-state index in [1.165, 1.54) is 19.0 Å². The van der Waals surface area contributed by atoms with E-state index in [9.17, 15) is 10.1 Å². The van der Waals surface area contributed by atoms with Gasteiger partial charge in [-0.15, -0.1) is 0 Å². The van der Waals surface area contributed by atoms with Crippen LogP contribution in [0, 0.1) is 10.1 Å². The lowest BCUT2D eigenvalue weighted by Gasteiger charge is -2.20. The minimum Gasteiger partial charge on any atom is -0.374 e. The molecule has 1 saturated carbocycles. The molecule has 18 heavy (non-hydrogen) atoms. The lowest BCUT2D eigenvalue weighted by molar-refractivity contribution is -0.388. The predicted molar refractivity (Wildman–Crippen MR) is 74.1 cm³/mol.